The standard InChI is InChI=1S/C16H16F2N4O5S/c17-11-2-1-3-12(18)16(11)28(26,27)21-8-6-20(7-9-21)15(25)10-22-14(24)5-4-13(23)19-22/h1-5H,6-10H2,(H,19,23). The van der Waals surface area contributed by atoms with Crippen molar-refractivity contribution in [3.8, 4) is 0 Å². The second-order valence-corrected chi connectivity index (χ2v) is 7.94. The van der Waals surface area contributed by atoms with Gasteiger partial charge < -0.3 is 4.90 Å². The molecule has 1 fully saturated rings. The number of sulfonamides is 1. The SMILES string of the molecule is O=C(Cn1[nH]c(=O)ccc1=O)N1CCN(S(=O)(=O)c2c(F)cccc2F)CC1. The molecule has 1 saturated heterocycles. The van der Waals surface area contributed by atoms with Crippen molar-refractivity contribution in [2.45, 2.75) is 11.4 Å². The average molecular weight is 414 g/mol. The maximum absolute atomic E-state index is 13.8. The molecule has 12 heteroatoms. The number of aromatic amines is 1. The Morgan fingerprint density at radius 1 is 1.00 bits per heavy atom. The second-order valence-electron chi connectivity index (χ2n) is 6.07. The molecule has 0 spiro atoms. The van der Waals surface area contributed by atoms with E-state index in [2.05, 4.69) is 5.10 Å². The second kappa shape index (κ2) is 7.64. The van der Waals surface area contributed by atoms with Gasteiger partial charge in [0.25, 0.3) is 11.1 Å². The summed E-state index contributed by atoms with van der Waals surface area (Å²) < 4.78 is 54.5. The van der Waals surface area contributed by atoms with Crippen LogP contribution in [0.3, 0.4) is 0 Å². The summed E-state index contributed by atoms with van der Waals surface area (Å²) in [5.74, 6) is -2.88. The summed E-state index contributed by atoms with van der Waals surface area (Å²) in [5.41, 5.74) is -1.11. The molecule has 0 aliphatic carbocycles. The number of piperazine rings is 1. The van der Waals surface area contributed by atoms with Crippen molar-refractivity contribution in [3.05, 3.63) is 62.7 Å². The van der Waals surface area contributed by atoms with Crippen LogP contribution in [0, 0.1) is 11.6 Å². The van der Waals surface area contributed by atoms with Crippen LogP contribution in [0.15, 0.2) is 44.8 Å². The fourth-order valence-electron chi connectivity index (χ4n) is 2.85. The largest absolute Gasteiger partial charge is 0.338 e. The van der Waals surface area contributed by atoms with Crippen molar-refractivity contribution >= 4 is 15.9 Å². The Balaban J connectivity index is 1.70. The molecule has 1 aromatic carbocycles. The van der Waals surface area contributed by atoms with E-state index in [4.69, 9.17) is 0 Å². The summed E-state index contributed by atoms with van der Waals surface area (Å²) in [6.45, 7) is -0.798. The summed E-state index contributed by atoms with van der Waals surface area (Å²) in [6, 6.07) is 4.84. The quantitative estimate of drug-likeness (QED) is 0.714. The molecule has 0 radical (unpaired) electrons. The maximum atomic E-state index is 13.8. The molecule has 1 amide bonds. The van der Waals surface area contributed by atoms with E-state index >= 15 is 0 Å². The minimum absolute atomic E-state index is 0.0278. The van der Waals surface area contributed by atoms with E-state index in [1.165, 1.54) is 4.90 Å². The predicted octanol–water partition coefficient (Wildman–Crippen LogP) is -0.652. The number of rotatable bonds is 4. The van der Waals surface area contributed by atoms with Gasteiger partial charge >= 0.3 is 0 Å². The fourth-order valence-corrected chi connectivity index (χ4v) is 4.38. The van der Waals surface area contributed by atoms with Crippen LogP contribution in [-0.4, -0.2) is 59.5 Å². The topological polar surface area (TPSA) is 113 Å². The maximum Gasteiger partial charge on any atom is 0.265 e. The first-order valence-electron chi connectivity index (χ1n) is 8.22. The molecule has 1 N–H and O–H groups in total. The third-order valence-corrected chi connectivity index (χ3v) is 6.24. The zero-order chi connectivity index (χ0) is 20.5. The lowest BCUT2D eigenvalue weighted by Crippen LogP contribution is -2.52. The zero-order valence-corrected chi connectivity index (χ0v) is 15.3. The molecule has 1 aliphatic heterocycles. The molecule has 28 heavy (non-hydrogen) atoms. The number of amides is 1. The number of hydrogen-bond acceptors (Lipinski definition) is 5. The Hall–Kier alpha value is -2.86. The van der Waals surface area contributed by atoms with Crippen molar-refractivity contribution in [1.29, 1.82) is 0 Å². The Morgan fingerprint density at radius 3 is 2.21 bits per heavy atom. The van der Waals surface area contributed by atoms with Crippen LogP contribution in [0.25, 0.3) is 0 Å². The first kappa shape index (κ1) is 19.9. The molecule has 0 bridgehead atoms. The van der Waals surface area contributed by atoms with E-state index in [0.717, 1.165) is 39.3 Å². The number of carbonyl (C=O) groups is 1. The van der Waals surface area contributed by atoms with Crippen LogP contribution in [0.5, 0.6) is 0 Å². The Bertz CT molecular complexity index is 1100. The molecular weight excluding hydrogens is 398 g/mol. The van der Waals surface area contributed by atoms with Crippen molar-refractivity contribution < 1.29 is 22.0 Å². The average Bonchev–Trinajstić information content (AvgIpc) is 2.64. The lowest BCUT2D eigenvalue weighted by Gasteiger charge is -2.34. The van der Waals surface area contributed by atoms with Crippen LogP contribution in [-0.2, 0) is 21.4 Å². The number of halogens is 2. The minimum atomic E-state index is -4.40. The number of carbonyl (C=O) groups excluding carboxylic acids is 1. The first-order valence-corrected chi connectivity index (χ1v) is 9.66. The van der Waals surface area contributed by atoms with Gasteiger partial charge in [0.1, 0.15) is 18.2 Å². The summed E-state index contributed by atoms with van der Waals surface area (Å²) in [7, 11) is -4.40. The number of benzene rings is 1. The Morgan fingerprint density at radius 2 is 1.61 bits per heavy atom. The van der Waals surface area contributed by atoms with E-state index in [0.29, 0.717) is 0 Å². The fraction of sp³-hybridized carbons (Fsp3) is 0.312. The minimum Gasteiger partial charge on any atom is -0.338 e. The molecule has 1 aliphatic rings. The molecule has 1 aromatic heterocycles. The van der Waals surface area contributed by atoms with E-state index in [-0.39, 0.29) is 26.2 Å². The van der Waals surface area contributed by atoms with Crippen molar-refractivity contribution in [2.24, 2.45) is 0 Å². The third kappa shape index (κ3) is 3.87. The highest BCUT2D eigenvalue weighted by Gasteiger charge is 2.34. The van der Waals surface area contributed by atoms with Gasteiger partial charge in [-0.05, 0) is 12.1 Å². The summed E-state index contributed by atoms with van der Waals surface area (Å²) in [6.07, 6.45) is 0. The van der Waals surface area contributed by atoms with Gasteiger partial charge in [-0.2, -0.15) is 4.31 Å². The molecule has 2 heterocycles. The molecular formula is C16H16F2N4O5S. The molecule has 2 aromatic rings. The molecule has 0 atom stereocenters. The van der Waals surface area contributed by atoms with Gasteiger partial charge in [-0.3, -0.25) is 19.5 Å². The smallest absolute Gasteiger partial charge is 0.265 e. The number of H-pyrrole nitrogens is 1. The highest BCUT2D eigenvalue weighted by Crippen LogP contribution is 2.23. The molecule has 0 saturated carbocycles. The van der Waals surface area contributed by atoms with Crippen LogP contribution < -0.4 is 11.1 Å². The van der Waals surface area contributed by atoms with Crippen LogP contribution in [0.4, 0.5) is 8.78 Å². The van der Waals surface area contributed by atoms with Gasteiger partial charge in [-0.1, -0.05) is 6.07 Å². The van der Waals surface area contributed by atoms with Gasteiger partial charge in [-0.25, -0.2) is 21.9 Å². The number of nitrogens with one attached hydrogen (secondary N) is 1. The van der Waals surface area contributed by atoms with E-state index in [1.807, 2.05) is 0 Å². The highest BCUT2D eigenvalue weighted by molar-refractivity contribution is 7.89. The lowest BCUT2D eigenvalue weighted by molar-refractivity contribution is -0.133. The third-order valence-electron chi connectivity index (χ3n) is 4.29. The van der Waals surface area contributed by atoms with Crippen LogP contribution in [0.2, 0.25) is 0 Å². The van der Waals surface area contributed by atoms with Crippen LogP contribution in [0.1, 0.15) is 0 Å². The Labute approximate surface area is 157 Å². The van der Waals surface area contributed by atoms with E-state index < -0.39 is 50.1 Å². The number of nitrogens with zero attached hydrogens (tertiary/aromatic N) is 3. The van der Waals surface area contributed by atoms with E-state index in [9.17, 15) is 31.6 Å². The number of aromatic nitrogens is 2. The monoisotopic (exact) mass is 414 g/mol. The molecule has 9 nitrogen and oxygen atoms in total. The van der Waals surface area contributed by atoms with Gasteiger partial charge in [0, 0.05) is 38.3 Å². The van der Waals surface area contributed by atoms with Crippen molar-refractivity contribution in [2.75, 3.05) is 26.2 Å². The molecule has 150 valence electrons. The van der Waals surface area contributed by atoms with Crippen LogP contribution >= 0.6 is 0 Å². The van der Waals surface area contributed by atoms with Gasteiger partial charge in [0.15, 0.2) is 4.90 Å². The molecule has 0 unspecified atom stereocenters. The van der Waals surface area contributed by atoms with Gasteiger partial charge in [0.05, 0.1) is 0 Å². The van der Waals surface area contributed by atoms with Crippen molar-refractivity contribution in [1.82, 2.24) is 19.0 Å². The van der Waals surface area contributed by atoms with Gasteiger partial charge in [-0.15, -0.1) is 0 Å². The normalized spacial score (nSPS) is 15.6. The summed E-state index contributed by atoms with van der Waals surface area (Å²) in [5, 5.41) is 2.22. The first-order chi connectivity index (χ1) is 13.2. The lowest BCUT2D eigenvalue weighted by atomic mass is 10.3. The molecule has 3 rings (SSSR count). The van der Waals surface area contributed by atoms with Crippen molar-refractivity contribution in [3.63, 3.8) is 0 Å². The predicted molar refractivity (Wildman–Crippen MR) is 93.0 cm³/mol. The summed E-state index contributed by atoms with van der Waals surface area (Å²) >= 11 is 0. The van der Waals surface area contributed by atoms with Gasteiger partial charge in [0.2, 0.25) is 15.9 Å². The number of hydrogen-bond donors (Lipinski definition) is 1. The van der Waals surface area contributed by atoms with E-state index in [1.54, 1.807) is 0 Å². The highest BCUT2D eigenvalue weighted by atomic mass is 32.2. The Kier molecular flexibility index (Phi) is 5.42. The summed E-state index contributed by atoms with van der Waals surface area (Å²) in [4.78, 5) is 35.5. The zero-order valence-electron chi connectivity index (χ0n) is 14.5.